The second-order valence-corrected chi connectivity index (χ2v) is 7.66. The molecule has 1 N–H and O–H groups in total. The van der Waals surface area contributed by atoms with Crippen LogP contribution in [0.2, 0.25) is 0 Å². The molecule has 1 atom stereocenters. The van der Waals surface area contributed by atoms with Gasteiger partial charge in [-0.1, -0.05) is 25.1 Å². The van der Waals surface area contributed by atoms with Crippen molar-refractivity contribution in [2.75, 3.05) is 39.3 Å². The van der Waals surface area contributed by atoms with Gasteiger partial charge in [-0.15, -0.1) is 0 Å². The molecule has 7 nitrogen and oxygen atoms in total. The largest absolute Gasteiger partial charge is 0.494 e. The summed E-state index contributed by atoms with van der Waals surface area (Å²) >= 11 is 0. The van der Waals surface area contributed by atoms with Gasteiger partial charge >= 0.3 is 0 Å². The third-order valence-electron chi connectivity index (χ3n) is 5.51. The van der Waals surface area contributed by atoms with Crippen LogP contribution >= 0.6 is 0 Å². The van der Waals surface area contributed by atoms with Gasteiger partial charge in [-0.05, 0) is 38.0 Å². The number of amides is 2. The Labute approximate surface area is 184 Å². The average Bonchev–Trinajstić information content (AvgIpc) is 3.04. The van der Waals surface area contributed by atoms with Crippen LogP contribution in [0.25, 0.3) is 0 Å². The number of hydrogen-bond donors (Lipinski definition) is 1. The van der Waals surface area contributed by atoms with Crippen molar-refractivity contribution < 1.29 is 14.3 Å². The number of nitrogens with one attached hydrogen (secondary N) is 1. The third-order valence-corrected chi connectivity index (χ3v) is 5.51. The summed E-state index contributed by atoms with van der Waals surface area (Å²) in [6, 6.07) is 11.2. The number of pyridine rings is 1. The molecule has 0 saturated carbocycles. The second kappa shape index (κ2) is 11.5. The van der Waals surface area contributed by atoms with E-state index in [0.29, 0.717) is 38.3 Å². The smallest absolute Gasteiger partial charge is 0.254 e. The molecule has 1 aromatic heterocycles. The van der Waals surface area contributed by atoms with Crippen LogP contribution in [0.5, 0.6) is 5.75 Å². The predicted octanol–water partition coefficient (Wildman–Crippen LogP) is 2.90. The van der Waals surface area contributed by atoms with E-state index in [1.165, 1.54) is 0 Å². The summed E-state index contributed by atoms with van der Waals surface area (Å²) in [4.78, 5) is 33.4. The van der Waals surface area contributed by atoms with Crippen LogP contribution in [0, 0.1) is 0 Å². The van der Waals surface area contributed by atoms with E-state index in [1.54, 1.807) is 24.5 Å². The molecular weight excluding hydrogens is 392 g/mol. The summed E-state index contributed by atoms with van der Waals surface area (Å²) in [5.41, 5.74) is 1.66. The van der Waals surface area contributed by atoms with Gasteiger partial charge in [0.15, 0.2) is 0 Å². The van der Waals surface area contributed by atoms with Gasteiger partial charge in [-0.2, -0.15) is 0 Å². The number of carbonyl (C=O) groups excluding carboxylic acids is 2. The van der Waals surface area contributed by atoms with Gasteiger partial charge in [0.25, 0.3) is 5.91 Å². The maximum absolute atomic E-state index is 12.8. The summed E-state index contributed by atoms with van der Waals surface area (Å²) in [7, 11) is 0. The first-order chi connectivity index (χ1) is 15.1. The van der Waals surface area contributed by atoms with E-state index in [4.69, 9.17) is 4.74 Å². The van der Waals surface area contributed by atoms with Gasteiger partial charge in [-0.25, -0.2) is 0 Å². The minimum atomic E-state index is -0.0907. The van der Waals surface area contributed by atoms with Crippen molar-refractivity contribution in [2.45, 2.75) is 32.7 Å². The lowest BCUT2D eigenvalue weighted by atomic mass is 10.0. The SMILES string of the molecule is CCOc1ccccc1C(CC)NC(=O)CN1CCCN(C(=O)c2ccncc2)CC1. The molecule has 1 aliphatic rings. The Morgan fingerprint density at radius 1 is 1.06 bits per heavy atom. The fourth-order valence-electron chi connectivity index (χ4n) is 3.91. The maximum atomic E-state index is 12.8. The fourth-order valence-corrected chi connectivity index (χ4v) is 3.91. The van der Waals surface area contributed by atoms with Gasteiger partial charge in [-0.3, -0.25) is 19.5 Å². The van der Waals surface area contributed by atoms with Gasteiger partial charge in [0.1, 0.15) is 5.75 Å². The van der Waals surface area contributed by atoms with Gasteiger partial charge in [0.05, 0.1) is 19.2 Å². The Hall–Kier alpha value is -2.93. The number of carbonyl (C=O) groups is 2. The summed E-state index contributed by atoms with van der Waals surface area (Å²) in [6.07, 6.45) is 4.89. The van der Waals surface area contributed by atoms with Crippen LogP contribution < -0.4 is 10.1 Å². The van der Waals surface area contributed by atoms with E-state index in [0.717, 1.165) is 30.7 Å². The normalized spacial score (nSPS) is 15.7. The van der Waals surface area contributed by atoms with Crippen molar-refractivity contribution in [1.82, 2.24) is 20.1 Å². The molecule has 0 bridgehead atoms. The highest BCUT2D eigenvalue weighted by Gasteiger charge is 2.23. The van der Waals surface area contributed by atoms with Gasteiger partial charge in [0.2, 0.25) is 5.91 Å². The minimum Gasteiger partial charge on any atom is -0.494 e. The molecule has 2 heterocycles. The van der Waals surface area contributed by atoms with Crippen LogP contribution in [0.1, 0.15) is 48.7 Å². The molecule has 1 fully saturated rings. The monoisotopic (exact) mass is 424 g/mol. The number of rotatable bonds is 8. The number of benzene rings is 1. The van der Waals surface area contributed by atoms with Crippen molar-refractivity contribution >= 4 is 11.8 Å². The molecule has 1 saturated heterocycles. The van der Waals surface area contributed by atoms with Crippen LogP contribution in [0.3, 0.4) is 0 Å². The topological polar surface area (TPSA) is 74.8 Å². The lowest BCUT2D eigenvalue weighted by molar-refractivity contribution is -0.123. The quantitative estimate of drug-likeness (QED) is 0.705. The zero-order valence-electron chi connectivity index (χ0n) is 18.4. The first-order valence-corrected chi connectivity index (χ1v) is 11.0. The Balaban J connectivity index is 1.55. The van der Waals surface area contributed by atoms with E-state index in [-0.39, 0.29) is 17.9 Å². The van der Waals surface area contributed by atoms with Crippen LogP contribution in [-0.4, -0.2) is 65.9 Å². The van der Waals surface area contributed by atoms with E-state index in [2.05, 4.69) is 22.1 Å². The van der Waals surface area contributed by atoms with Crippen molar-refractivity contribution in [1.29, 1.82) is 0 Å². The first kappa shape index (κ1) is 22.7. The molecule has 166 valence electrons. The predicted molar refractivity (Wildman–Crippen MR) is 120 cm³/mol. The van der Waals surface area contributed by atoms with E-state index in [9.17, 15) is 9.59 Å². The Morgan fingerprint density at radius 2 is 1.84 bits per heavy atom. The van der Waals surface area contributed by atoms with Crippen molar-refractivity contribution in [3.05, 3.63) is 59.9 Å². The zero-order valence-corrected chi connectivity index (χ0v) is 18.4. The van der Waals surface area contributed by atoms with Crippen LogP contribution in [0.15, 0.2) is 48.8 Å². The van der Waals surface area contributed by atoms with Gasteiger partial charge in [0, 0.05) is 49.7 Å². The molecule has 2 aromatic rings. The third kappa shape index (κ3) is 6.28. The highest BCUT2D eigenvalue weighted by atomic mass is 16.5. The molecule has 7 heteroatoms. The number of ether oxygens (including phenoxy) is 1. The number of nitrogens with zero attached hydrogens (tertiary/aromatic N) is 3. The fraction of sp³-hybridized carbons (Fsp3) is 0.458. The Kier molecular flexibility index (Phi) is 8.41. The highest BCUT2D eigenvalue weighted by molar-refractivity contribution is 5.94. The molecule has 0 radical (unpaired) electrons. The summed E-state index contributed by atoms with van der Waals surface area (Å²) in [5, 5.41) is 3.16. The second-order valence-electron chi connectivity index (χ2n) is 7.66. The zero-order chi connectivity index (χ0) is 22.1. The van der Waals surface area contributed by atoms with E-state index >= 15 is 0 Å². The first-order valence-electron chi connectivity index (χ1n) is 11.0. The summed E-state index contributed by atoms with van der Waals surface area (Å²) < 4.78 is 5.74. The van der Waals surface area contributed by atoms with Crippen molar-refractivity contribution in [3.63, 3.8) is 0 Å². The lowest BCUT2D eigenvalue weighted by Crippen LogP contribution is -2.41. The molecule has 3 rings (SSSR count). The van der Waals surface area contributed by atoms with Crippen molar-refractivity contribution in [3.8, 4) is 5.75 Å². The number of hydrogen-bond acceptors (Lipinski definition) is 5. The molecule has 0 aliphatic carbocycles. The molecule has 1 aromatic carbocycles. The van der Waals surface area contributed by atoms with E-state index < -0.39 is 0 Å². The van der Waals surface area contributed by atoms with Crippen molar-refractivity contribution in [2.24, 2.45) is 0 Å². The highest BCUT2D eigenvalue weighted by Crippen LogP contribution is 2.27. The number of aromatic nitrogens is 1. The number of para-hydroxylation sites is 1. The maximum Gasteiger partial charge on any atom is 0.254 e. The summed E-state index contributed by atoms with van der Waals surface area (Å²) in [5.74, 6) is 0.830. The lowest BCUT2D eigenvalue weighted by Gasteiger charge is -2.24. The molecular formula is C24H32N4O3. The average molecular weight is 425 g/mol. The minimum absolute atomic E-state index is 0.00735. The van der Waals surface area contributed by atoms with Crippen LogP contribution in [0.4, 0.5) is 0 Å². The standard InChI is InChI=1S/C24H32N4O3/c1-3-21(20-8-5-6-9-22(20)31-4-2)26-23(29)18-27-14-7-15-28(17-16-27)24(30)19-10-12-25-13-11-19/h5-6,8-13,21H,3-4,7,14-18H2,1-2H3,(H,26,29). The molecule has 1 unspecified atom stereocenters. The molecule has 0 spiro atoms. The van der Waals surface area contributed by atoms with Gasteiger partial charge < -0.3 is 15.0 Å². The molecule has 31 heavy (non-hydrogen) atoms. The van der Waals surface area contributed by atoms with Crippen LogP contribution in [-0.2, 0) is 4.79 Å². The molecule has 1 aliphatic heterocycles. The summed E-state index contributed by atoms with van der Waals surface area (Å²) in [6.45, 7) is 7.70. The van der Waals surface area contributed by atoms with E-state index in [1.807, 2.05) is 36.1 Å². The Morgan fingerprint density at radius 3 is 2.58 bits per heavy atom. The Bertz CT molecular complexity index is 859. The molecule has 2 amide bonds.